The predicted octanol–water partition coefficient (Wildman–Crippen LogP) is 1.19. The third-order valence-electron chi connectivity index (χ3n) is 1.64. The number of ether oxygens (including phenoxy) is 3. The Labute approximate surface area is 90.0 Å². The van der Waals surface area contributed by atoms with Crippen LogP contribution in [0.5, 0.6) is 0 Å². The molecule has 0 bridgehead atoms. The Morgan fingerprint density at radius 3 is 2.53 bits per heavy atom. The van der Waals surface area contributed by atoms with Crippen LogP contribution in [0.15, 0.2) is 0 Å². The summed E-state index contributed by atoms with van der Waals surface area (Å²) < 4.78 is 30.6. The van der Waals surface area contributed by atoms with E-state index in [1.807, 2.05) is 6.92 Å². The topological polar surface area (TPSA) is 74.2 Å². The molecule has 0 heterocycles. The molecule has 0 rings (SSSR count). The fourth-order valence-corrected chi connectivity index (χ4v) is 1.86. The summed E-state index contributed by atoms with van der Waals surface area (Å²) in [4.78, 5) is 9.30. The molecule has 0 aromatic heterocycles. The first-order valence-electron chi connectivity index (χ1n) is 4.65. The summed E-state index contributed by atoms with van der Waals surface area (Å²) in [5, 5.41) is 0. The minimum Gasteiger partial charge on any atom is -0.358 e. The molecule has 0 radical (unpaired) electrons. The van der Waals surface area contributed by atoms with Gasteiger partial charge in [-0.3, -0.25) is 9.09 Å². The van der Waals surface area contributed by atoms with E-state index >= 15 is 0 Å². The maximum absolute atomic E-state index is 11.3. The molecule has 6 nitrogen and oxygen atoms in total. The van der Waals surface area contributed by atoms with Crippen LogP contribution >= 0.6 is 7.60 Å². The van der Waals surface area contributed by atoms with E-state index in [0.717, 1.165) is 0 Å². The van der Waals surface area contributed by atoms with Crippen LogP contribution < -0.4 is 0 Å². The van der Waals surface area contributed by atoms with Gasteiger partial charge in [-0.1, -0.05) is 0 Å². The van der Waals surface area contributed by atoms with Crippen molar-refractivity contribution in [3.63, 3.8) is 0 Å². The number of rotatable bonds is 9. The van der Waals surface area contributed by atoms with Crippen molar-refractivity contribution in [1.82, 2.24) is 0 Å². The highest BCUT2D eigenvalue weighted by atomic mass is 31.2. The van der Waals surface area contributed by atoms with Crippen LogP contribution in [-0.4, -0.2) is 45.0 Å². The van der Waals surface area contributed by atoms with E-state index < -0.39 is 13.9 Å². The molecule has 0 spiro atoms. The molecule has 0 aromatic carbocycles. The molecule has 0 saturated carbocycles. The highest BCUT2D eigenvalue weighted by molar-refractivity contribution is 7.52. The summed E-state index contributed by atoms with van der Waals surface area (Å²) >= 11 is 0. The number of hydrogen-bond donors (Lipinski definition) is 1. The molecular formula is C8H19O6P. The van der Waals surface area contributed by atoms with Gasteiger partial charge in [-0.2, -0.15) is 0 Å². The van der Waals surface area contributed by atoms with Gasteiger partial charge in [0.2, 0.25) is 0 Å². The largest absolute Gasteiger partial charge is 0.358 e. The quantitative estimate of drug-likeness (QED) is 0.483. The monoisotopic (exact) mass is 242 g/mol. The average molecular weight is 242 g/mol. The molecule has 0 saturated heterocycles. The summed E-state index contributed by atoms with van der Waals surface area (Å²) in [5.41, 5.74) is 0. The molecule has 0 aliphatic heterocycles. The van der Waals surface area contributed by atoms with Crippen molar-refractivity contribution in [2.75, 3.05) is 33.8 Å². The molecule has 1 N–H and O–H groups in total. The summed E-state index contributed by atoms with van der Waals surface area (Å²) in [7, 11) is -0.713. The third-order valence-corrected chi connectivity index (χ3v) is 2.97. The van der Waals surface area contributed by atoms with Crippen molar-refractivity contribution in [3.05, 3.63) is 0 Å². The molecular weight excluding hydrogens is 223 g/mol. The van der Waals surface area contributed by atoms with Gasteiger partial charge in [0.1, 0.15) is 0 Å². The van der Waals surface area contributed by atoms with Crippen LogP contribution in [0.4, 0.5) is 0 Å². The molecule has 2 unspecified atom stereocenters. The lowest BCUT2D eigenvalue weighted by molar-refractivity contribution is -0.121. The van der Waals surface area contributed by atoms with Crippen LogP contribution in [-0.2, 0) is 23.3 Å². The zero-order valence-electron chi connectivity index (χ0n) is 9.34. The van der Waals surface area contributed by atoms with Crippen molar-refractivity contribution >= 4 is 7.60 Å². The molecule has 0 amide bonds. The molecule has 0 aromatic rings. The van der Waals surface area contributed by atoms with Gasteiger partial charge in [-0.25, -0.2) is 0 Å². The Morgan fingerprint density at radius 2 is 2.07 bits per heavy atom. The van der Waals surface area contributed by atoms with E-state index in [2.05, 4.69) is 9.26 Å². The molecule has 15 heavy (non-hydrogen) atoms. The Kier molecular flexibility index (Phi) is 8.23. The maximum atomic E-state index is 11.3. The standard InChI is InChI=1S/C8H19O6P/c1-4-13-8(12-3)5-6-15(9,10)14-7-11-2/h8H,4-7H2,1-3H3,(H,9,10). The van der Waals surface area contributed by atoms with Crippen molar-refractivity contribution in [2.24, 2.45) is 0 Å². The van der Waals surface area contributed by atoms with Gasteiger partial charge in [0.15, 0.2) is 13.1 Å². The minimum absolute atomic E-state index is 0.0190. The fraction of sp³-hybridized carbons (Fsp3) is 1.00. The zero-order chi connectivity index (χ0) is 11.7. The first-order chi connectivity index (χ1) is 7.05. The van der Waals surface area contributed by atoms with E-state index in [1.54, 1.807) is 0 Å². The molecule has 92 valence electrons. The lowest BCUT2D eigenvalue weighted by Crippen LogP contribution is -2.17. The summed E-state index contributed by atoms with van der Waals surface area (Å²) in [5.74, 6) is 0. The minimum atomic E-state index is -3.58. The highest BCUT2D eigenvalue weighted by Gasteiger charge is 2.21. The van der Waals surface area contributed by atoms with Crippen molar-refractivity contribution in [3.8, 4) is 0 Å². The fourth-order valence-electron chi connectivity index (χ4n) is 0.923. The molecule has 7 heteroatoms. The van der Waals surface area contributed by atoms with Crippen molar-refractivity contribution in [2.45, 2.75) is 19.6 Å². The highest BCUT2D eigenvalue weighted by Crippen LogP contribution is 2.42. The van der Waals surface area contributed by atoms with Crippen molar-refractivity contribution in [1.29, 1.82) is 0 Å². The van der Waals surface area contributed by atoms with Gasteiger partial charge < -0.3 is 19.1 Å². The van der Waals surface area contributed by atoms with E-state index in [9.17, 15) is 9.46 Å². The van der Waals surface area contributed by atoms with Crippen LogP contribution in [0.25, 0.3) is 0 Å². The van der Waals surface area contributed by atoms with Gasteiger partial charge in [-0.15, -0.1) is 0 Å². The first kappa shape index (κ1) is 15.0. The molecule has 0 aliphatic carbocycles. The van der Waals surface area contributed by atoms with Gasteiger partial charge in [0, 0.05) is 27.2 Å². The SMILES string of the molecule is CCOC(CCP(=O)(O)OCOC)OC. The average Bonchev–Trinajstić information content (AvgIpc) is 2.21. The van der Waals surface area contributed by atoms with Gasteiger partial charge in [-0.05, 0) is 6.92 Å². The second kappa shape index (κ2) is 8.21. The second-order valence-electron chi connectivity index (χ2n) is 2.81. The van der Waals surface area contributed by atoms with E-state index in [4.69, 9.17) is 9.47 Å². The zero-order valence-corrected chi connectivity index (χ0v) is 10.2. The van der Waals surface area contributed by atoms with Crippen LogP contribution in [0.3, 0.4) is 0 Å². The maximum Gasteiger partial charge on any atom is 0.330 e. The number of hydrogen-bond acceptors (Lipinski definition) is 5. The van der Waals surface area contributed by atoms with Gasteiger partial charge in [0.25, 0.3) is 0 Å². The molecule has 0 aliphatic rings. The van der Waals surface area contributed by atoms with E-state index in [1.165, 1.54) is 14.2 Å². The summed E-state index contributed by atoms with van der Waals surface area (Å²) in [6.07, 6.45) is -0.182. The Balaban J connectivity index is 3.84. The van der Waals surface area contributed by atoms with Crippen LogP contribution in [0, 0.1) is 0 Å². The Hall–Kier alpha value is 0.0300. The van der Waals surface area contributed by atoms with Crippen LogP contribution in [0.2, 0.25) is 0 Å². The second-order valence-corrected chi connectivity index (χ2v) is 4.79. The van der Waals surface area contributed by atoms with Gasteiger partial charge >= 0.3 is 7.60 Å². The van der Waals surface area contributed by atoms with Crippen LogP contribution in [0.1, 0.15) is 13.3 Å². The molecule has 2 atom stereocenters. The smallest absolute Gasteiger partial charge is 0.330 e. The summed E-state index contributed by atoms with van der Waals surface area (Å²) in [6, 6.07) is 0. The van der Waals surface area contributed by atoms with Crippen molar-refractivity contribution < 1.29 is 28.2 Å². The lowest BCUT2D eigenvalue weighted by Gasteiger charge is -2.17. The van der Waals surface area contributed by atoms with E-state index in [-0.39, 0.29) is 13.0 Å². The third kappa shape index (κ3) is 7.90. The lowest BCUT2D eigenvalue weighted by atomic mass is 10.5. The molecule has 0 fully saturated rings. The van der Waals surface area contributed by atoms with Gasteiger partial charge in [0.05, 0.1) is 6.16 Å². The number of methoxy groups -OCH3 is 2. The summed E-state index contributed by atoms with van der Waals surface area (Å²) in [6.45, 7) is 2.12. The first-order valence-corrected chi connectivity index (χ1v) is 6.41. The Morgan fingerprint density at radius 1 is 1.40 bits per heavy atom. The predicted molar refractivity (Wildman–Crippen MR) is 54.7 cm³/mol. The van der Waals surface area contributed by atoms with E-state index in [0.29, 0.717) is 13.0 Å². The Bertz CT molecular complexity index is 198. The normalized spacial score (nSPS) is 17.3.